The van der Waals surface area contributed by atoms with Gasteiger partial charge in [-0.3, -0.25) is 9.59 Å². The van der Waals surface area contributed by atoms with Gasteiger partial charge in [-0.05, 0) is 78.8 Å². The van der Waals surface area contributed by atoms with E-state index in [4.69, 9.17) is 0 Å². The lowest BCUT2D eigenvalue weighted by Gasteiger charge is -2.37. The van der Waals surface area contributed by atoms with Gasteiger partial charge < -0.3 is 15.5 Å². The van der Waals surface area contributed by atoms with Gasteiger partial charge in [0, 0.05) is 47.2 Å². The Kier molecular flexibility index (Phi) is 10.3. The zero-order valence-corrected chi connectivity index (χ0v) is 25.0. The first-order chi connectivity index (χ1) is 20.6. The molecular formula is C36H39N3O2S. The minimum Gasteiger partial charge on any atom is -0.372 e. The van der Waals surface area contributed by atoms with Gasteiger partial charge in [0.25, 0.3) is 5.91 Å². The molecule has 0 spiro atoms. The third-order valence-corrected chi connectivity index (χ3v) is 8.95. The Morgan fingerprint density at radius 1 is 0.833 bits per heavy atom. The summed E-state index contributed by atoms with van der Waals surface area (Å²) in [5, 5.41) is 6.22. The summed E-state index contributed by atoms with van der Waals surface area (Å²) >= 11 is 1.73. The van der Waals surface area contributed by atoms with Gasteiger partial charge in [0.05, 0.1) is 5.92 Å². The van der Waals surface area contributed by atoms with Crippen LogP contribution in [0.15, 0.2) is 114 Å². The van der Waals surface area contributed by atoms with Crippen molar-refractivity contribution < 1.29 is 9.59 Å². The largest absolute Gasteiger partial charge is 0.372 e. The van der Waals surface area contributed by atoms with Crippen LogP contribution in [0.1, 0.15) is 53.6 Å². The van der Waals surface area contributed by atoms with Crippen LogP contribution < -0.4 is 15.5 Å². The minimum atomic E-state index is -0.119. The molecule has 1 atom stereocenters. The van der Waals surface area contributed by atoms with Crippen molar-refractivity contribution in [3.63, 3.8) is 0 Å². The highest BCUT2D eigenvalue weighted by Crippen LogP contribution is 2.35. The van der Waals surface area contributed by atoms with Crippen molar-refractivity contribution in [3.05, 3.63) is 126 Å². The predicted molar refractivity (Wildman–Crippen MR) is 174 cm³/mol. The number of nitrogens with one attached hydrogen (secondary N) is 2. The third kappa shape index (κ3) is 7.62. The van der Waals surface area contributed by atoms with Gasteiger partial charge in [0.15, 0.2) is 0 Å². The first-order valence-electron chi connectivity index (χ1n) is 14.9. The Morgan fingerprint density at radius 3 is 2.17 bits per heavy atom. The van der Waals surface area contributed by atoms with Crippen LogP contribution in [0.25, 0.3) is 0 Å². The van der Waals surface area contributed by atoms with Gasteiger partial charge in [0.2, 0.25) is 5.91 Å². The third-order valence-electron chi connectivity index (χ3n) is 7.89. The maximum absolute atomic E-state index is 13.2. The molecule has 1 aliphatic heterocycles. The first kappa shape index (κ1) is 29.5. The number of nitrogens with zero attached hydrogens (tertiary/aromatic N) is 1. The standard InChI is InChI=1S/C36H39N3O2S/c1-2-23-37-36(41)34(27-11-5-3-6-12-27)28-21-24-39(25-22-28)31-19-17-30(18-20-31)38-35(40)33-16-10-9-13-29(33)26-42-32-14-7-4-8-15-32/h3-20,28,34H,2,21-26H2,1H3,(H,37,41)(H,38,40). The second kappa shape index (κ2) is 14.7. The smallest absolute Gasteiger partial charge is 0.255 e. The number of rotatable bonds is 11. The van der Waals surface area contributed by atoms with Crippen molar-refractivity contribution in [1.29, 1.82) is 0 Å². The van der Waals surface area contributed by atoms with Crippen LogP contribution in [0.3, 0.4) is 0 Å². The Balaban J connectivity index is 1.18. The summed E-state index contributed by atoms with van der Waals surface area (Å²) in [6.07, 6.45) is 2.84. The summed E-state index contributed by atoms with van der Waals surface area (Å²) in [6.45, 7) is 4.58. The Labute approximate surface area is 253 Å². The summed E-state index contributed by atoms with van der Waals surface area (Å²) in [4.78, 5) is 29.9. The molecule has 42 heavy (non-hydrogen) atoms. The van der Waals surface area contributed by atoms with Crippen molar-refractivity contribution in [2.45, 2.75) is 42.8 Å². The SMILES string of the molecule is CCCNC(=O)C(c1ccccc1)C1CCN(c2ccc(NC(=O)c3ccccc3CSc3ccccc3)cc2)CC1. The van der Waals surface area contributed by atoms with E-state index in [2.05, 4.69) is 58.9 Å². The average molecular weight is 578 g/mol. The fraction of sp³-hybridized carbons (Fsp3) is 0.278. The van der Waals surface area contributed by atoms with E-state index >= 15 is 0 Å². The molecule has 5 rings (SSSR count). The summed E-state index contributed by atoms with van der Waals surface area (Å²) in [5.74, 6) is 0.960. The second-order valence-electron chi connectivity index (χ2n) is 10.8. The second-order valence-corrected chi connectivity index (χ2v) is 11.8. The summed E-state index contributed by atoms with van der Waals surface area (Å²) in [6, 6.07) is 36.4. The van der Waals surface area contributed by atoms with Crippen molar-refractivity contribution in [2.75, 3.05) is 29.9 Å². The van der Waals surface area contributed by atoms with Crippen LogP contribution in [0.5, 0.6) is 0 Å². The van der Waals surface area contributed by atoms with Gasteiger partial charge in [-0.2, -0.15) is 0 Å². The molecule has 1 unspecified atom stereocenters. The van der Waals surface area contributed by atoms with Crippen molar-refractivity contribution >= 4 is 35.0 Å². The van der Waals surface area contributed by atoms with Crippen LogP contribution >= 0.6 is 11.8 Å². The highest BCUT2D eigenvalue weighted by atomic mass is 32.2. The quantitative estimate of drug-likeness (QED) is 0.179. The van der Waals surface area contributed by atoms with Crippen molar-refractivity contribution in [3.8, 4) is 0 Å². The molecule has 4 aromatic carbocycles. The van der Waals surface area contributed by atoms with Gasteiger partial charge in [-0.15, -0.1) is 11.8 Å². The first-order valence-corrected chi connectivity index (χ1v) is 15.9. The molecule has 0 aromatic heterocycles. The minimum absolute atomic E-state index is 0.0962. The average Bonchev–Trinajstić information content (AvgIpc) is 3.05. The number of hydrogen-bond acceptors (Lipinski definition) is 4. The number of benzene rings is 4. The number of carbonyl (C=O) groups is 2. The van der Waals surface area contributed by atoms with E-state index in [1.54, 1.807) is 11.8 Å². The summed E-state index contributed by atoms with van der Waals surface area (Å²) in [7, 11) is 0. The monoisotopic (exact) mass is 577 g/mol. The van der Waals surface area contributed by atoms with Crippen molar-refractivity contribution in [2.24, 2.45) is 5.92 Å². The fourth-order valence-electron chi connectivity index (χ4n) is 5.65. The molecule has 0 aliphatic carbocycles. The van der Waals surface area contributed by atoms with Crippen LogP contribution in [-0.4, -0.2) is 31.4 Å². The molecule has 1 aliphatic rings. The molecule has 6 heteroatoms. The van der Waals surface area contributed by atoms with Crippen LogP contribution in [0, 0.1) is 5.92 Å². The Morgan fingerprint density at radius 2 is 1.48 bits per heavy atom. The van der Waals surface area contributed by atoms with Crippen LogP contribution in [0.4, 0.5) is 11.4 Å². The molecule has 5 nitrogen and oxygen atoms in total. The highest BCUT2D eigenvalue weighted by Gasteiger charge is 2.32. The fourth-order valence-corrected chi connectivity index (χ4v) is 6.57. The molecule has 0 radical (unpaired) electrons. The summed E-state index contributed by atoms with van der Waals surface area (Å²) < 4.78 is 0. The lowest BCUT2D eigenvalue weighted by Crippen LogP contribution is -2.40. The highest BCUT2D eigenvalue weighted by molar-refractivity contribution is 7.98. The number of hydrogen-bond donors (Lipinski definition) is 2. The molecular weight excluding hydrogens is 538 g/mol. The molecule has 2 N–H and O–H groups in total. The molecule has 0 saturated carbocycles. The van der Waals surface area contributed by atoms with Gasteiger partial charge in [-0.25, -0.2) is 0 Å². The maximum atomic E-state index is 13.2. The van der Waals surface area contributed by atoms with E-state index in [0.29, 0.717) is 18.0 Å². The van der Waals surface area contributed by atoms with E-state index in [-0.39, 0.29) is 17.7 Å². The van der Waals surface area contributed by atoms with Crippen molar-refractivity contribution in [1.82, 2.24) is 5.32 Å². The lowest BCUT2D eigenvalue weighted by molar-refractivity contribution is -0.124. The Bertz CT molecular complexity index is 1440. The topological polar surface area (TPSA) is 61.4 Å². The summed E-state index contributed by atoms with van der Waals surface area (Å²) in [5.41, 5.74) is 4.73. The molecule has 4 aromatic rings. The molecule has 2 amide bonds. The zero-order chi connectivity index (χ0) is 29.1. The van der Waals surface area contributed by atoms with E-state index in [1.165, 1.54) is 4.90 Å². The van der Waals surface area contributed by atoms with Gasteiger partial charge in [0.1, 0.15) is 0 Å². The lowest BCUT2D eigenvalue weighted by atomic mass is 9.79. The molecule has 1 saturated heterocycles. The zero-order valence-electron chi connectivity index (χ0n) is 24.2. The number of amides is 2. The van der Waals surface area contributed by atoms with Gasteiger partial charge >= 0.3 is 0 Å². The van der Waals surface area contributed by atoms with E-state index in [1.807, 2.05) is 72.8 Å². The molecule has 0 bridgehead atoms. The van der Waals surface area contributed by atoms with Crippen LogP contribution in [0.2, 0.25) is 0 Å². The predicted octanol–water partition coefficient (Wildman–Crippen LogP) is 7.76. The normalized spacial score (nSPS) is 14.3. The number of thioether (sulfide) groups is 1. The molecule has 216 valence electrons. The number of carbonyl (C=O) groups excluding carboxylic acids is 2. The molecule has 1 heterocycles. The molecule has 1 fully saturated rings. The number of piperidine rings is 1. The van der Waals surface area contributed by atoms with Gasteiger partial charge in [-0.1, -0.05) is 73.7 Å². The van der Waals surface area contributed by atoms with E-state index in [0.717, 1.165) is 60.6 Å². The van der Waals surface area contributed by atoms with E-state index in [9.17, 15) is 9.59 Å². The van der Waals surface area contributed by atoms with E-state index < -0.39 is 0 Å². The maximum Gasteiger partial charge on any atom is 0.255 e. The number of anilines is 2. The Hall–Kier alpha value is -4.03. The van der Waals surface area contributed by atoms with Crippen LogP contribution in [-0.2, 0) is 10.5 Å².